The Bertz CT molecular complexity index is 470. The van der Waals surface area contributed by atoms with Crippen LogP contribution in [0.5, 0.6) is 0 Å². The molecule has 0 amide bonds. The lowest BCUT2D eigenvalue weighted by molar-refractivity contribution is -0.164. The largest absolute Gasteiger partial charge is 0.478 e. The maximum Gasteiger partial charge on any atom is 0.345 e. The van der Waals surface area contributed by atoms with E-state index in [4.69, 9.17) is 15.6 Å². The zero-order valence-corrected chi connectivity index (χ0v) is 11.4. The second-order valence-corrected chi connectivity index (χ2v) is 4.36. The van der Waals surface area contributed by atoms with E-state index >= 15 is 0 Å². The molecule has 1 aromatic rings. The summed E-state index contributed by atoms with van der Waals surface area (Å²) in [6, 6.07) is 8.39. The lowest BCUT2D eigenvalue weighted by Gasteiger charge is -2.16. The topological polar surface area (TPSA) is 89.6 Å². The lowest BCUT2D eigenvalue weighted by atomic mass is 10.1. The van der Waals surface area contributed by atoms with Gasteiger partial charge in [0.2, 0.25) is 6.10 Å². The highest BCUT2D eigenvalue weighted by Crippen LogP contribution is 2.06. The van der Waals surface area contributed by atoms with Crippen molar-refractivity contribution in [2.45, 2.75) is 31.9 Å². The number of aliphatic carboxylic acids is 1. The van der Waals surface area contributed by atoms with E-state index in [2.05, 4.69) is 0 Å². The van der Waals surface area contributed by atoms with Crippen LogP contribution >= 0.6 is 0 Å². The summed E-state index contributed by atoms with van der Waals surface area (Å²) in [6.45, 7) is 1.77. The molecule has 0 aromatic heterocycles. The van der Waals surface area contributed by atoms with Crippen molar-refractivity contribution in [3.63, 3.8) is 0 Å². The van der Waals surface area contributed by atoms with E-state index in [-0.39, 0.29) is 6.42 Å². The minimum Gasteiger partial charge on any atom is -0.478 e. The third-order valence-electron chi connectivity index (χ3n) is 2.72. The maximum absolute atomic E-state index is 11.8. The van der Waals surface area contributed by atoms with Crippen LogP contribution in [0.3, 0.4) is 0 Å². The second kappa shape index (κ2) is 8.12. The molecule has 0 aliphatic rings. The fourth-order valence-corrected chi connectivity index (χ4v) is 1.64. The Balaban J connectivity index is 2.57. The van der Waals surface area contributed by atoms with E-state index in [9.17, 15) is 9.59 Å². The van der Waals surface area contributed by atoms with Crippen LogP contribution in [-0.2, 0) is 20.7 Å². The molecule has 0 aliphatic carbocycles. The summed E-state index contributed by atoms with van der Waals surface area (Å²) < 4.78 is 4.93. The maximum atomic E-state index is 11.8. The lowest BCUT2D eigenvalue weighted by Crippen LogP contribution is -2.38. The Morgan fingerprint density at radius 3 is 2.55 bits per heavy atom. The summed E-state index contributed by atoms with van der Waals surface area (Å²) >= 11 is 0. The van der Waals surface area contributed by atoms with Gasteiger partial charge in [0, 0.05) is 6.42 Å². The third-order valence-corrected chi connectivity index (χ3v) is 2.72. The van der Waals surface area contributed by atoms with Crippen LogP contribution in [0.2, 0.25) is 0 Å². The third kappa shape index (κ3) is 5.24. The van der Waals surface area contributed by atoms with Crippen LogP contribution < -0.4 is 5.73 Å². The van der Waals surface area contributed by atoms with Gasteiger partial charge in [0.1, 0.15) is 6.04 Å². The molecule has 0 saturated carbocycles. The van der Waals surface area contributed by atoms with Gasteiger partial charge in [-0.2, -0.15) is 0 Å². The minimum atomic E-state index is -1.19. The van der Waals surface area contributed by atoms with Gasteiger partial charge in [0.25, 0.3) is 0 Å². The monoisotopic (exact) mass is 277 g/mol. The molecular weight excluding hydrogens is 258 g/mol. The van der Waals surface area contributed by atoms with Crippen molar-refractivity contribution in [1.29, 1.82) is 0 Å². The molecule has 108 valence electrons. The zero-order valence-electron chi connectivity index (χ0n) is 11.4. The molecule has 2 atom stereocenters. The number of rotatable bonds is 7. The molecule has 0 fully saturated rings. The Morgan fingerprint density at radius 2 is 2.00 bits per heavy atom. The van der Waals surface area contributed by atoms with Crippen LogP contribution in [-0.4, -0.2) is 29.2 Å². The van der Waals surface area contributed by atoms with Crippen LogP contribution in [0.1, 0.15) is 18.9 Å². The number of allylic oxidation sites excluding steroid dienone is 1. The van der Waals surface area contributed by atoms with Gasteiger partial charge in [0.05, 0.1) is 0 Å². The fraction of sp³-hybridized carbons (Fsp3) is 0.333. The van der Waals surface area contributed by atoms with E-state index in [0.717, 1.165) is 5.56 Å². The quantitative estimate of drug-likeness (QED) is 0.582. The number of carbonyl (C=O) groups is 2. The Morgan fingerprint density at radius 1 is 1.35 bits per heavy atom. The first-order valence-corrected chi connectivity index (χ1v) is 6.38. The second-order valence-electron chi connectivity index (χ2n) is 4.36. The van der Waals surface area contributed by atoms with Crippen molar-refractivity contribution in [1.82, 2.24) is 0 Å². The van der Waals surface area contributed by atoms with E-state index in [1.807, 2.05) is 30.3 Å². The fourth-order valence-electron chi connectivity index (χ4n) is 1.64. The number of benzene rings is 1. The Kier molecular flexibility index (Phi) is 6.46. The normalized spacial score (nSPS) is 13.9. The van der Waals surface area contributed by atoms with Gasteiger partial charge >= 0.3 is 11.9 Å². The summed E-state index contributed by atoms with van der Waals surface area (Å²) in [7, 11) is 0. The van der Waals surface area contributed by atoms with E-state index in [1.165, 1.54) is 0 Å². The molecule has 20 heavy (non-hydrogen) atoms. The Labute approximate surface area is 118 Å². The van der Waals surface area contributed by atoms with Gasteiger partial charge in [-0.25, -0.2) is 4.79 Å². The summed E-state index contributed by atoms with van der Waals surface area (Å²) in [5.41, 5.74) is 6.64. The molecule has 0 spiro atoms. The standard InChI is InChI=1S/C15H19NO4/c1-2-3-9-13(14(17)18)20-15(19)12(16)10-11-7-5-4-6-8-11/h2-8,12-13H,9-10,16H2,1H3,(H,17,18)/b3-2+/t12-,13-/m0/s1. The van der Waals surface area contributed by atoms with Gasteiger partial charge in [0.15, 0.2) is 0 Å². The average molecular weight is 277 g/mol. The van der Waals surface area contributed by atoms with Gasteiger partial charge in [-0.15, -0.1) is 0 Å². The average Bonchev–Trinajstić information content (AvgIpc) is 2.43. The highest BCUT2D eigenvalue weighted by molar-refractivity contribution is 5.81. The van der Waals surface area contributed by atoms with Gasteiger partial charge < -0.3 is 15.6 Å². The molecular formula is C15H19NO4. The number of esters is 1. The number of carboxylic acid groups (broad SMARTS) is 1. The first-order chi connectivity index (χ1) is 9.54. The highest BCUT2D eigenvalue weighted by Gasteiger charge is 2.24. The molecule has 5 nitrogen and oxygen atoms in total. The van der Waals surface area contributed by atoms with Gasteiger partial charge in [-0.05, 0) is 18.9 Å². The smallest absolute Gasteiger partial charge is 0.345 e. The van der Waals surface area contributed by atoms with Crippen molar-refractivity contribution in [3.8, 4) is 0 Å². The number of hydrogen-bond donors (Lipinski definition) is 2. The first-order valence-electron chi connectivity index (χ1n) is 6.38. The number of carboxylic acids is 1. The zero-order chi connectivity index (χ0) is 15.0. The number of nitrogens with two attached hydrogens (primary N) is 1. The first kappa shape index (κ1) is 15.9. The van der Waals surface area contributed by atoms with Crippen molar-refractivity contribution in [2.24, 2.45) is 5.73 Å². The van der Waals surface area contributed by atoms with Crippen molar-refractivity contribution in [2.75, 3.05) is 0 Å². The van der Waals surface area contributed by atoms with E-state index < -0.39 is 24.1 Å². The van der Waals surface area contributed by atoms with Crippen molar-refractivity contribution in [3.05, 3.63) is 48.0 Å². The molecule has 0 heterocycles. The molecule has 5 heteroatoms. The molecule has 0 saturated heterocycles. The number of hydrogen-bond acceptors (Lipinski definition) is 4. The summed E-state index contributed by atoms with van der Waals surface area (Å²) in [6.07, 6.45) is 2.59. The number of ether oxygens (including phenoxy) is 1. The van der Waals surface area contributed by atoms with Gasteiger partial charge in [-0.1, -0.05) is 42.5 Å². The summed E-state index contributed by atoms with van der Waals surface area (Å²) in [5.74, 6) is -1.88. The Hall–Kier alpha value is -2.14. The molecule has 0 bridgehead atoms. The van der Waals surface area contributed by atoms with E-state index in [1.54, 1.807) is 19.1 Å². The van der Waals surface area contributed by atoms with E-state index in [0.29, 0.717) is 6.42 Å². The summed E-state index contributed by atoms with van der Waals surface area (Å²) in [5, 5.41) is 8.97. The molecule has 0 aliphatic heterocycles. The molecule has 1 rings (SSSR count). The summed E-state index contributed by atoms with van der Waals surface area (Å²) in [4.78, 5) is 22.8. The SMILES string of the molecule is C/C=C/C[C@H](OC(=O)[C@@H](N)Cc1ccccc1)C(=O)O. The molecule has 1 aromatic carbocycles. The van der Waals surface area contributed by atoms with Crippen LogP contribution in [0, 0.1) is 0 Å². The van der Waals surface area contributed by atoms with Crippen LogP contribution in [0.4, 0.5) is 0 Å². The predicted molar refractivity (Wildman–Crippen MR) is 75.1 cm³/mol. The van der Waals surface area contributed by atoms with Crippen molar-refractivity contribution < 1.29 is 19.4 Å². The molecule has 0 radical (unpaired) electrons. The highest BCUT2D eigenvalue weighted by atomic mass is 16.6. The van der Waals surface area contributed by atoms with Gasteiger partial charge in [-0.3, -0.25) is 4.79 Å². The predicted octanol–water partition coefficient (Wildman–Crippen LogP) is 1.52. The van der Waals surface area contributed by atoms with Crippen LogP contribution in [0.25, 0.3) is 0 Å². The van der Waals surface area contributed by atoms with Crippen LogP contribution in [0.15, 0.2) is 42.5 Å². The molecule has 0 unspecified atom stereocenters. The number of carbonyl (C=O) groups excluding carboxylic acids is 1. The minimum absolute atomic E-state index is 0.135. The molecule has 3 N–H and O–H groups in total. The van der Waals surface area contributed by atoms with Crippen molar-refractivity contribution >= 4 is 11.9 Å².